The van der Waals surface area contributed by atoms with E-state index in [1.165, 1.54) is 4.68 Å². The van der Waals surface area contributed by atoms with Gasteiger partial charge in [0.2, 0.25) is 0 Å². The van der Waals surface area contributed by atoms with Gasteiger partial charge in [-0.25, -0.2) is 4.68 Å². The Labute approximate surface area is 123 Å². The Morgan fingerprint density at radius 1 is 1.33 bits per heavy atom. The summed E-state index contributed by atoms with van der Waals surface area (Å²) in [5, 5.41) is 15.7. The van der Waals surface area contributed by atoms with Crippen LogP contribution in [0.4, 0.5) is 0 Å². The zero-order valence-electron chi connectivity index (χ0n) is 12.8. The number of aldehydes is 1. The third-order valence-corrected chi connectivity index (χ3v) is 3.49. The van der Waals surface area contributed by atoms with E-state index >= 15 is 0 Å². The number of hydrogen-bond acceptors (Lipinski definition) is 4. The molecule has 1 aromatic heterocycles. The number of carbonyl (C=O) groups is 1. The highest BCUT2D eigenvalue weighted by Crippen LogP contribution is 2.27. The smallest absolute Gasteiger partial charge is 0.275 e. The van der Waals surface area contributed by atoms with Crippen molar-refractivity contribution in [1.82, 2.24) is 9.78 Å². The first-order valence-electron chi connectivity index (χ1n) is 6.97. The predicted octanol–water partition coefficient (Wildman–Crippen LogP) is 1.95. The van der Waals surface area contributed by atoms with Gasteiger partial charge in [0.1, 0.15) is 12.8 Å². The standard InChI is InChI=1S/C16H20N2O3/c1-10(2)14-13-9-11(16(3,4)21)5-6-12(13)15(20)18(17-14)7-8-19/h5-6,8-10,21H,7H2,1-4H3. The summed E-state index contributed by atoms with van der Waals surface area (Å²) in [6, 6.07) is 5.24. The molecule has 0 aliphatic carbocycles. The van der Waals surface area contributed by atoms with Gasteiger partial charge in [0.25, 0.3) is 5.56 Å². The Hall–Kier alpha value is -2.01. The van der Waals surface area contributed by atoms with Gasteiger partial charge < -0.3 is 9.90 Å². The van der Waals surface area contributed by atoms with Crippen molar-refractivity contribution in [2.75, 3.05) is 0 Å². The molecule has 0 spiro atoms. The lowest BCUT2D eigenvalue weighted by molar-refractivity contribution is -0.108. The van der Waals surface area contributed by atoms with Crippen LogP contribution in [0.3, 0.4) is 0 Å². The Morgan fingerprint density at radius 3 is 2.52 bits per heavy atom. The molecule has 0 fully saturated rings. The summed E-state index contributed by atoms with van der Waals surface area (Å²) in [4.78, 5) is 23.0. The maximum atomic E-state index is 12.3. The topological polar surface area (TPSA) is 72.2 Å². The SMILES string of the molecule is CC(C)c1nn(CC=O)c(=O)c2ccc(C(C)(C)O)cc12. The van der Waals surface area contributed by atoms with E-state index in [1.807, 2.05) is 19.9 Å². The summed E-state index contributed by atoms with van der Waals surface area (Å²) in [5.74, 6) is 0.100. The molecule has 0 radical (unpaired) electrons. The van der Waals surface area contributed by atoms with Crippen LogP contribution in [0.15, 0.2) is 23.0 Å². The van der Waals surface area contributed by atoms with Crippen LogP contribution < -0.4 is 5.56 Å². The lowest BCUT2D eigenvalue weighted by atomic mass is 9.94. The summed E-state index contributed by atoms with van der Waals surface area (Å²) in [7, 11) is 0. The highest BCUT2D eigenvalue weighted by Gasteiger charge is 2.19. The normalized spacial score (nSPS) is 12.1. The van der Waals surface area contributed by atoms with Gasteiger partial charge in [-0.05, 0) is 37.5 Å². The van der Waals surface area contributed by atoms with Crippen LogP contribution in [0.5, 0.6) is 0 Å². The lowest BCUT2D eigenvalue weighted by Crippen LogP contribution is -2.26. The number of rotatable bonds is 4. The average molecular weight is 288 g/mol. The van der Waals surface area contributed by atoms with Gasteiger partial charge in [-0.1, -0.05) is 19.9 Å². The molecule has 0 aliphatic rings. The van der Waals surface area contributed by atoms with Crippen molar-refractivity contribution in [3.8, 4) is 0 Å². The van der Waals surface area contributed by atoms with Crippen LogP contribution >= 0.6 is 0 Å². The quantitative estimate of drug-likeness (QED) is 0.873. The highest BCUT2D eigenvalue weighted by atomic mass is 16.3. The molecule has 5 nitrogen and oxygen atoms in total. The van der Waals surface area contributed by atoms with E-state index in [2.05, 4.69) is 5.10 Å². The lowest BCUT2D eigenvalue weighted by Gasteiger charge is -2.19. The molecule has 2 rings (SSSR count). The molecule has 5 heteroatoms. The van der Waals surface area contributed by atoms with Crippen LogP contribution in [-0.4, -0.2) is 21.2 Å². The Kier molecular flexibility index (Phi) is 3.96. The van der Waals surface area contributed by atoms with Crippen molar-refractivity contribution in [1.29, 1.82) is 0 Å². The van der Waals surface area contributed by atoms with Crippen molar-refractivity contribution < 1.29 is 9.90 Å². The first-order valence-corrected chi connectivity index (χ1v) is 6.97. The molecular formula is C16H20N2O3. The number of benzene rings is 1. The van der Waals surface area contributed by atoms with Crippen molar-refractivity contribution in [2.45, 2.75) is 45.8 Å². The van der Waals surface area contributed by atoms with Gasteiger partial charge in [0.15, 0.2) is 0 Å². The van der Waals surface area contributed by atoms with Crippen LogP contribution in [0.1, 0.15) is 44.9 Å². The summed E-state index contributed by atoms with van der Waals surface area (Å²) < 4.78 is 1.19. The molecular weight excluding hydrogens is 268 g/mol. The Morgan fingerprint density at radius 2 is 2.00 bits per heavy atom. The Balaban J connectivity index is 2.84. The van der Waals surface area contributed by atoms with Crippen LogP contribution in [0, 0.1) is 0 Å². The second-order valence-corrected chi connectivity index (χ2v) is 6.01. The van der Waals surface area contributed by atoms with Crippen molar-refractivity contribution in [3.63, 3.8) is 0 Å². The largest absolute Gasteiger partial charge is 0.386 e. The van der Waals surface area contributed by atoms with Gasteiger partial charge in [0, 0.05) is 5.39 Å². The molecule has 0 unspecified atom stereocenters. The van der Waals surface area contributed by atoms with Crippen LogP contribution in [-0.2, 0) is 16.9 Å². The fourth-order valence-corrected chi connectivity index (χ4v) is 2.31. The third-order valence-electron chi connectivity index (χ3n) is 3.49. The molecule has 112 valence electrons. The maximum absolute atomic E-state index is 12.3. The monoisotopic (exact) mass is 288 g/mol. The summed E-state index contributed by atoms with van der Waals surface area (Å²) in [6.07, 6.45) is 0.662. The number of nitrogens with zero attached hydrogens (tertiary/aromatic N) is 2. The Bertz CT molecular complexity index is 739. The number of aromatic nitrogens is 2. The zero-order chi connectivity index (χ0) is 15.8. The van der Waals surface area contributed by atoms with Gasteiger partial charge in [-0.15, -0.1) is 0 Å². The van der Waals surface area contributed by atoms with Gasteiger partial charge >= 0.3 is 0 Å². The molecule has 0 bridgehead atoms. The van der Waals surface area contributed by atoms with Gasteiger partial charge in [-0.2, -0.15) is 5.10 Å². The van der Waals surface area contributed by atoms with E-state index in [4.69, 9.17) is 0 Å². The summed E-state index contributed by atoms with van der Waals surface area (Å²) in [5.41, 5.74) is 0.202. The molecule has 1 aromatic carbocycles. The predicted molar refractivity (Wildman–Crippen MR) is 81.4 cm³/mol. The molecule has 0 saturated heterocycles. The molecule has 0 saturated carbocycles. The second kappa shape index (κ2) is 5.41. The van der Waals surface area contributed by atoms with Gasteiger partial charge in [-0.3, -0.25) is 4.79 Å². The molecule has 1 N–H and O–H groups in total. The van der Waals surface area contributed by atoms with E-state index in [0.717, 1.165) is 16.6 Å². The number of aliphatic hydroxyl groups is 1. The first kappa shape index (κ1) is 15.4. The molecule has 1 heterocycles. The minimum atomic E-state index is -0.986. The van der Waals surface area contributed by atoms with Crippen molar-refractivity contribution in [2.24, 2.45) is 0 Å². The van der Waals surface area contributed by atoms with E-state index in [-0.39, 0.29) is 18.0 Å². The van der Waals surface area contributed by atoms with E-state index < -0.39 is 5.60 Å². The summed E-state index contributed by atoms with van der Waals surface area (Å²) in [6.45, 7) is 7.30. The minimum Gasteiger partial charge on any atom is -0.386 e. The average Bonchev–Trinajstić information content (AvgIpc) is 2.40. The maximum Gasteiger partial charge on any atom is 0.275 e. The summed E-state index contributed by atoms with van der Waals surface area (Å²) >= 11 is 0. The van der Waals surface area contributed by atoms with Crippen molar-refractivity contribution in [3.05, 3.63) is 39.8 Å². The molecule has 0 aliphatic heterocycles. The van der Waals surface area contributed by atoms with Gasteiger partial charge in [0.05, 0.1) is 16.7 Å². The van der Waals surface area contributed by atoms with Crippen LogP contribution in [0.25, 0.3) is 10.8 Å². The number of carbonyl (C=O) groups excluding carboxylic acids is 1. The van der Waals surface area contributed by atoms with Crippen molar-refractivity contribution >= 4 is 17.1 Å². The minimum absolute atomic E-state index is 0.0538. The number of hydrogen-bond donors (Lipinski definition) is 1. The fraction of sp³-hybridized carbons (Fsp3) is 0.438. The number of fused-ring (bicyclic) bond motifs is 1. The van der Waals surface area contributed by atoms with E-state index in [9.17, 15) is 14.7 Å². The highest BCUT2D eigenvalue weighted by molar-refractivity contribution is 5.85. The van der Waals surface area contributed by atoms with Crippen LogP contribution in [0.2, 0.25) is 0 Å². The molecule has 21 heavy (non-hydrogen) atoms. The first-order chi connectivity index (χ1) is 9.75. The fourth-order valence-electron chi connectivity index (χ4n) is 2.31. The molecule has 0 atom stereocenters. The van der Waals surface area contributed by atoms with E-state index in [1.54, 1.807) is 26.0 Å². The second-order valence-electron chi connectivity index (χ2n) is 6.01. The zero-order valence-corrected chi connectivity index (χ0v) is 12.8. The van der Waals surface area contributed by atoms with E-state index in [0.29, 0.717) is 11.7 Å². The molecule has 2 aromatic rings. The molecule has 0 amide bonds. The third kappa shape index (κ3) is 2.88.